The molecule has 1 heterocycles. The molecule has 3 rings (SSSR count). The van der Waals surface area contributed by atoms with E-state index in [-0.39, 0.29) is 10.6 Å². The average molecular weight is 272 g/mol. The topological polar surface area (TPSA) is 59.5 Å². The summed E-state index contributed by atoms with van der Waals surface area (Å²) in [4.78, 5) is 12.8. The molecule has 1 aliphatic carbocycles. The molecule has 0 radical (unpaired) electrons. The first-order valence-corrected chi connectivity index (χ1v) is 6.72. The molecule has 1 aromatic heterocycles. The second-order valence-corrected chi connectivity index (χ2v) is 5.14. The summed E-state index contributed by atoms with van der Waals surface area (Å²) in [6.45, 7) is 1.47. The summed E-state index contributed by atoms with van der Waals surface area (Å²) in [7, 11) is 0. The van der Waals surface area contributed by atoms with E-state index < -0.39 is 0 Å². The maximum Gasteiger partial charge on any atom is 0.269 e. The van der Waals surface area contributed by atoms with Crippen molar-refractivity contribution in [1.29, 1.82) is 0 Å². The Kier molecular flexibility index (Phi) is 3.52. The maximum absolute atomic E-state index is 10.8. The Hall–Kier alpha value is -2.14. The predicted molar refractivity (Wildman–Crippen MR) is 74.1 cm³/mol. The van der Waals surface area contributed by atoms with Gasteiger partial charge in [0.2, 0.25) is 0 Å². The zero-order valence-electron chi connectivity index (χ0n) is 11.1. The Bertz CT molecular complexity index is 591. The molecule has 0 bridgehead atoms. The first kappa shape index (κ1) is 12.9. The summed E-state index contributed by atoms with van der Waals surface area (Å²) >= 11 is 0. The van der Waals surface area contributed by atoms with Gasteiger partial charge in [-0.15, -0.1) is 0 Å². The Morgan fingerprint density at radius 1 is 1.25 bits per heavy atom. The smallest absolute Gasteiger partial charge is 0.269 e. The number of hydrogen-bond acceptors (Lipinski definition) is 4. The quantitative estimate of drug-likeness (QED) is 0.597. The molecule has 2 aromatic rings. The molecule has 1 aromatic carbocycles. The van der Waals surface area contributed by atoms with Crippen LogP contribution in [0.15, 0.2) is 47.1 Å². The van der Waals surface area contributed by atoms with E-state index in [1.165, 1.54) is 18.9 Å². The average Bonchev–Trinajstić information content (AvgIpc) is 3.17. The number of hydrogen-bond donors (Lipinski definition) is 0. The van der Waals surface area contributed by atoms with Crippen molar-refractivity contribution in [3.05, 3.63) is 64.1 Å². The summed E-state index contributed by atoms with van der Waals surface area (Å²) in [5.41, 5.74) is 1.12. The highest BCUT2D eigenvalue weighted by atomic mass is 16.6. The lowest BCUT2D eigenvalue weighted by Gasteiger charge is -2.20. The fraction of sp³-hybridized carbons (Fsp3) is 0.333. The van der Waals surface area contributed by atoms with Crippen LogP contribution in [0.1, 0.15) is 24.2 Å². The van der Waals surface area contributed by atoms with Crippen molar-refractivity contribution in [1.82, 2.24) is 4.90 Å². The summed E-state index contributed by atoms with van der Waals surface area (Å²) in [6, 6.07) is 11.3. The van der Waals surface area contributed by atoms with Gasteiger partial charge >= 0.3 is 0 Å². The third-order valence-corrected chi connectivity index (χ3v) is 3.51. The van der Waals surface area contributed by atoms with Crippen LogP contribution in [-0.4, -0.2) is 15.9 Å². The first-order valence-electron chi connectivity index (χ1n) is 6.72. The Balaban J connectivity index is 1.73. The molecule has 1 fully saturated rings. The van der Waals surface area contributed by atoms with Gasteiger partial charge in [-0.2, -0.15) is 0 Å². The van der Waals surface area contributed by atoms with E-state index in [0.29, 0.717) is 12.6 Å². The number of nitro groups is 1. The number of nitro benzene ring substituents is 1. The van der Waals surface area contributed by atoms with Crippen LogP contribution in [0.2, 0.25) is 0 Å². The number of furan rings is 1. The SMILES string of the molecule is O=[N+]([O-])c1cccc(CN(Cc2ccco2)C2CC2)c1. The minimum Gasteiger partial charge on any atom is -0.468 e. The van der Waals surface area contributed by atoms with Crippen LogP contribution >= 0.6 is 0 Å². The van der Waals surface area contributed by atoms with Gasteiger partial charge in [0.1, 0.15) is 5.76 Å². The third kappa shape index (κ3) is 3.05. The van der Waals surface area contributed by atoms with Gasteiger partial charge in [-0.25, -0.2) is 0 Å². The standard InChI is InChI=1S/C15H16N2O3/c18-17(19)14-4-1-3-12(9-14)10-16(13-6-7-13)11-15-5-2-8-20-15/h1-5,8-9,13H,6-7,10-11H2. The molecule has 0 atom stereocenters. The molecule has 0 saturated heterocycles. The molecule has 20 heavy (non-hydrogen) atoms. The van der Waals surface area contributed by atoms with Gasteiger partial charge in [0.05, 0.1) is 17.7 Å². The second kappa shape index (κ2) is 5.46. The monoisotopic (exact) mass is 272 g/mol. The molecule has 0 N–H and O–H groups in total. The highest BCUT2D eigenvalue weighted by Gasteiger charge is 2.29. The zero-order valence-corrected chi connectivity index (χ0v) is 11.1. The molecule has 5 nitrogen and oxygen atoms in total. The minimum atomic E-state index is -0.350. The van der Waals surface area contributed by atoms with Crippen molar-refractivity contribution < 1.29 is 9.34 Å². The lowest BCUT2D eigenvalue weighted by atomic mass is 10.2. The number of benzene rings is 1. The number of nitrogens with zero attached hydrogens (tertiary/aromatic N) is 2. The zero-order chi connectivity index (χ0) is 13.9. The fourth-order valence-corrected chi connectivity index (χ4v) is 2.36. The van der Waals surface area contributed by atoms with Crippen LogP contribution in [0.25, 0.3) is 0 Å². The lowest BCUT2D eigenvalue weighted by molar-refractivity contribution is -0.384. The lowest BCUT2D eigenvalue weighted by Crippen LogP contribution is -2.24. The molecule has 1 aliphatic rings. The number of rotatable bonds is 6. The van der Waals surface area contributed by atoms with E-state index in [1.807, 2.05) is 18.2 Å². The van der Waals surface area contributed by atoms with Crippen LogP contribution in [0.3, 0.4) is 0 Å². The molecule has 0 unspecified atom stereocenters. The molecule has 0 amide bonds. The van der Waals surface area contributed by atoms with Gasteiger partial charge in [-0.1, -0.05) is 12.1 Å². The van der Waals surface area contributed by atoms with Crippen molar-refractivity contribution >= 4 is 5.69 Å². The Morgan fingerprint density at radius 2 is 2.10 bits per heavy atom. The third-order valence-electron chi connectivity index (χ3n) is 3.51. The van der Waals surface area contributed by atoms with E-state index in [9.17, 15) is 10.1 Å². The van der Waals surface area contributed by atoms with Crippen molar-refractivity contribution in [2.75, 3.05) is 0 Å². The normalized spacial score (nSPS) is 14.7. The predicted octanol–water partition coefficient (Wildman–Crippen LogP) is 3.35. The van der Waals surface area contributed by atoms with Gasteiger partial charge in [-0.05, 0) is 30.5 Å². The van der Waals surface area contributed by atoms with Crippen LogP contribution in [0.4, 0.5) is 5.69 Å². The van der Waals surface area contributed by atoms with Gasteiger partial charge in [0, 0.05) is 24.7 Å². The minimum absolute atomic E-state index is 0.149. The fourth-order valence-electron chi connectivity index (χ4n) is 2.36. The highest BCUT2D eigenvalue weighted by Crippen LogP contribution is 2.30. The van der Waals surface area contributed by atoms with Crippen LogP contribution < -0.4 is 0 Å². The molecule has 0 aliphatic heterocycles. The van der Waals surface area contributed by atoms with E-state index in [4.69, 9.17) is 4.42 Å². The van der Waals surface area contributed by atoms with Crippen molar-refractivity contribution in [2.24, 2.45) is 0 Å². The summed E-state index contributed by atoms with van der Waals surface area (Å²) in [6.07, 6.45) is 4.05. The molecule has 0 spiro atoms. The van der Waals surface area contributed by atoms with E-state index in [0.717, 1.165) is 17.9 Å². The van der Waals surface area contributed by atoms with Crippen LogP contribution in [-0.2, 0) is 13.1 Å². The molecular weight excluding hydrogens is 256 g/mol. The molecule has 104 valence electrons. The van der Waals surface area contributed by atoms with Crippen molar-refractivity contribution in [2.45, 2.75) is 32.0 Å². The largest absolute Gasteiger partial charge is 0.468 e. The second-order valence-electron chi connectivity index (χ2n) is 5.14. The van der Waals surface area contributed by atoms with Crippen LogP contribution in [0.5, 0.6) is 0 Å². The molecule has 1 saturated carbocycles. The van der Waals surface area contributed by atoms with Crippen LogP contribution in [0, 0.1) is 10.1 Å². The first-order chi connectivity index (χ1) is 9.72. The van der Waals surface area contributed by atoms with Gasteiger partial charge < -0.3 is 4.42 Å². The van der Waals surface area contributed by atoms with E-state index in [2.05, 4.69) is 4.90 Å². The van der Waals surface area contributed by atoms with Gasteiger partial charge in [0.15, 0.2) is 0 Å². The molecular formula is C15H16N2O3. The van der Waals surface area contributed by atoms with Crippen molar-refractivity contribution in [3.8, 4) is 0 Å². The highest BCUT2D eigenvalue weighted by molar-refractivity contribution is 5.34. The van der Waals surface area contributed by atoms with Gasteiger partial charge in [-0.3, -0.25) is 15.0 Å². The van der Waals surface area contributed by atoms with Gasteiger partial charge in [0.25, 0.3) is 5.69 Å². The summed E-state index contributed by atoms with van der Waals surface area (Å²) < 4.78 is 5.39. The van der Waals surface area contributed by atoms with E-state index >= 15 is 0 Å². The Labute approximate surface area is 117 Å². The maximum atomic E-state index is 10.8. The van der Waals surface area contributed by atoms with E-state index in [1.54, 1.807) is 18.4 Å². The summed E-state index contributed by atoms with van der Waals surface area (Å²) in [5.74, 6) is 0.933. The Morgan fingerprint density at radius 3 is 2.75 bits per heavy atom. The summed E-state index contributed by atoms with van der Waals surface area (Å²) in [5, 5.41) is 10.8. The molecule has 5 heteroatoms. The number of non-ortho nitro benzene ring substituents is 1. The van der Waals surface area contributed by atoms with Crippen molar-refractivity contribution in [3.63, 3.8) is 0 Å².